The van der Waals surface area contributed by atoms with Crippen LogP contribution < -0.4 is 0 Å². The normalized spacial score (nSPS) is 12.5. The highest BCUT2D eigenvalue weighted by Crippen LogP contribution is 2.15. The predicted molar refractivity (Wildman–Crippen MR) is 125 cm³/mol. The van der Waals surface area contributed by atoms with Gasteiger partial charge in [0.2, 0.25) is 0 Å². The third kappa shape index (κ3) is 24.0. The fourth-order valence-corrected chi connectivity index (χ4v) is 4.09. The lowest BCUT2D eigenvalue weighted by atomic mass is 10.0. The van der Waals surface area contributed by atoms with Gasteiger partial charge in [0, 0.05) is 6.61 Å². The molecule has 0 aromatic heterocycles. The van der Waals surface area contributed by atoms with Crippen LogP contribution in [0, 0.1) is 0 Å². The molecule has 0 bridgehead atoms. The van der Waals surface area contributed by atoms with Crippen LogP contribution in [0.25, 0.3) is 0 Å². The van der Waals surface area contributed by atoms with Crippen molar-refractivity contribution in [2.75, 3.05) is 6.61 Å². The smallest absolute Gasteiger partial charge is 0.0540 e. The molecule has 0 aromatic rings. The molecule has 0 amide bonds. The summed E-state index contributed by atoms with van der Waals surface area (Å²) in [7, 11) is 0. The maximum absolute atomic E-state index is 9.98. The van der Waals surface area contributed by atoms with E-state index in [1.807, 2.05) is 0 Å². The average Bonchev–Trinajstić information content (AvgIpc) is 2.70. The highest BCUT2D eigenvalue weighted by Gasteiger charge is 2.03. The van der Waals surface area contributed by atoms with E-state index in [9.17, 15) is 5.11 Å². The summed E-state index contributed by atoms with van der Waals surface area (Å²) in [5, 5.41) is 18.7. The van der Waals surface area contributed by atoms with Gasteiger partial charge in [0.25, 0.3) is 0 Å². The molecule has 0 spiro atoms. The van der Waals surface area contributed by atoms with Crippen LogP contribution in [0.15, 0.2) is 0 Å². The first-order valence-electron chi connectivity index (χ1n) is 13.1. The molecule has 2 N–H and O–H groups in total. The Kier molecular flexibility index (Phi) is 24.9. The summed E-state index contributed by atoms with van der Waals surface area (Å²) >= 11 is 0. The summed E-state index contributed by atoms with van der Waals surface area (Å²) in [5.74, 6) is 0. The Labute approximate surface area is 177 Å². The molecule has 1 atom stereocenters. The Hall–Kier alpha value is -0.0800. The van der Waals surface area contributed by atoms with Gasteiger partial charge in [-0.25, -0.2) is 0 Å². The van der Waals surface area contributed by atoms with Gasteiger partial charge in [-0.2, -0.15) is 0 Å². The minimum atomic E-state index is -0.0922. The standard InChI is InChI=1S/C26H54O2/c1-2-3-4-5-6-7-8-9-10-11-12-13-14-15-16-17-20-23-26(28)24-21-18-19-22-25-27/h26-28H,2-25H2,1H3. The molecule has 0 radical (unpaired) electrons. The summed E-state index contributed by atoms with van der Waals surface area (Å²) < 4.78 is 0. The van der Waals surface area contributed by atoms with Crippen molar-refractivity contribution >= 4 is 0 Å². The summed E-state index contributed by atoms with van der Waals surface area (Å²) in [6.45, 7) is 2.60. The van der Waals surface area contributed by atoms with Gasteiger partial charge in [0.15, 0.2) is 0 Å². The molecule has 0 aliphatic carbocycles. The van der Waals surface area contributed by atoms with Crippen LogP contribution >= 0.6 is 0 Å². The maximum atomic E-state index is 9.98. The molecule has 0 aliphatic rings. The molecule has 2 nitrogen and oxygen atoms in total. The van der Waals surface area contributed by atoms with Gasteiger partial charge >= 0.3 is 0 Å². The molecular weight excluding hydrogens is 344 g/mol. The van der Waals surface area contributed by atoms with Crippen LogP contribution in [-0.2, 0) is 0 Å². The molecule has 0 heterocycles. The zero-order valence-electron chi connectivity index (χ0n) is 19.4. The van der Waals surface area contributed by atoms with Crippen LogP contribution in [0.2, 0.25) is 0 Å². The second-order valence-corrected chi connectivity index (χ2v) is 9.03. The highest BCUT2D eigenvalue weighted by molar-refractivity contribution is 4.57. The van der Waals surface area contributed by atoms with Crippen molar-refractivity contribution < 1.29 is 10.2 Å². The van der Waals surface area contributed by atoms with E-state index in [0.29, 0.717) is 6.61 Å². The fourth-order valence-electron chi connectivity index (χ4n) is 4.09. The fraction of sp³-hybridized carbons (Fsp3) is 1.00. The van der Waals surface area contributed by atoms with Gasteiger partial charge in [-0.05, 0) is 19.3 Å². The Morgan fingerprint density at radius 3 is 1.04 bits per heavy atom. The van der Waals surface area contributed by atoms with Crippen molar-refractivity contribution in [3.05, 3.63) is 0 Å². The second kappa shape index (κ2) is 25.0. The van der Waals surface area contributed by atoms with Crippen molar-refractivity contribution in [2.24, 2.45) is 0 Å². The SMILES string of the molecule is CCCCCCCCCCCCCCCCCCCC(O)CCCCCCO. The first kappa shape index (κ1) is 27.9. The van der Waals surface area contributed by atoms with E-state index in [2.05, 4.69) is 6.92 Å². The summed E-state index contributed by atoms with van der Waals surface area (Å²) in [5.41, 5.74) is 0. The van der Waals surface area contributed by atoms with Crippen molar-refractivity contribution in [1.29, 1.82) is 0 Å². The Balaban J connectivity index is 3.08. The second-order valence-electron chi connectivity index (χ2n) is 9.03. The summed E-state index contributed by atoms with van der Waals surface area (Å²) in [4.78, 5) is 0. The van der Waals surface area contributed by atoms with Crippen LogP contribution in [0.3, 0.4) is 0 Å². The average molecular weight is 399 g/mol. The molecule has 28 heavy (non-hydrogen) atoms. The van der Waals surface area contributed by atoms with Crippen LogP contribution in [0.5, 0.6) is 0 Å². The number of aliphatic hydroxyl groups is 2. The predicted octanol–water partition coefficient (Wildman–Crippen LogP) is 8.33. The Morgan fingerprint density at radius 1 is 0.429 bits per heavy atom. The van der Waals surface area contributed by atoms with E-state index in [4.69, 9.17) is 5.11 Å². The van der Waals surface area contributed by atoms with E-state index in [-0.39, 0.29) is 6.10 Å². The van der Waals surface area contributed by atoms with Crippen LogP contribution in [0.1, 0.15) is 155 Å². The quantitative estimate of drug-likeness (QED) is 0.160. The van der Waals surface area contributed by atoms with E-state index in [0.717, 1.165) is 38.5 Å². The minimum absolute atomic E-state index is 0.0922. The molecule has 2 heteroatoms. The van der Waals surface area contributed by atoms with Gasteiger partial charge in [-0.15, -0.1) is 0 Å². The van der Waals surface area contributed by atoms with E-state index >= 15 is 0 Å². The van der Waals surface area contributed by atoms with Gasteiger partial charge in [0.1, 0.15) is 0 Å². The molecule has 170 valence electrons. The lowest BCUT2D eigenvalue weighted by Gasteiger charge is -2.10. The molecule has 0 saturated heterocycles. The zero-order valence-corrected chi connectivity index (χ0v) is 19.4. The number of rotatable bonds is 24. The van der Waals surface area contributed by atoms with Gasteiger partial charge in [-0.3, -0.25) is 0 Å². The first-order valence-corrected chi connectivity index (χ1v) is 13.1. The minimum Gasteiger partial charge on any atom is -0.396 e. The maximum Gasteiger partial charge on any atom is 0.0540 e. The van der Waals surface area contributed by atoms with Crippen molar-refractivity contribution in [3.63, 3.8) is 0 Å². The molecule has 0 fully saturated rings. The monoisotopic (exact) mass is 398 g/mol. The van der Waals surface area contributed by atoms with Crippen LogP contribution in [-0.4, -0.2) is 22.9 Å². The number of hydrogen-bond donors (Lipinski definition) is 2. The summed E-state index contributed by atoms with van der Waals surface area (Å²) in [6.07, 6.45) is 30.0. The molecule has 1 unspecified atom stereocenters. The van der Waals surface area contributed by atoms with E-state index in [1.54, 1.807) is 0 Å². The molecule has 0 saturated carbocycles. The zero-order chi connectivity index (χ0) is 20.5. The lowest BCUT2D eigenvalue weighted by Crippen LogP contribution is -2.06. The number of aliphatic hydroxyl groups excluding tert-OH is 2. The Bertz CT molecular complexity index is 267. The van der Waals surface area contributed by atoms with E-state index < -0.39 is 0 Å². The van der Waals surface area contributed by atoms with Crippen molar-refractivity contribution in [1.82, 2.24) is 0 Å². The third-order valence-corrected chi connectivity index (χ3v) is 6.09. The molecule has 0 rings (SSSR count). The van der Waals surface area contributed by atoms with Crippen molar-refractivity contribution in [3.8, 4) is 0 Å². The van der Waals surface area contributed by atoms with Crippen LogP contribution in [0.4, 0.5) is 0 Å². The number of unbranched alkanes of at least 4 members (excludes halogenated alkanes) is 19. The summed E-state index contributed by atoms with van der Waals surface area (Å²) in [6, 6.07) is 0. The van der Waals surface area contributed by atoms with Gasteiger partial charge in [-0.1, -0.05) is 135 Å². The number of hydrogen-bond acceptors (Lipinski definition) is 2. The van der Waals surface area contributed by atoms with Crippen molar-refractivity contribution in [2.45, 2.75) is 161 Å². The molecule has 0 aliphatic heterocycles. The van der Waals surface area contributed by atoms with E-state index in [1.165, 1.54) is 109 Å². The molecule has 0 aromatic carbocycles. The third-order valence-electron chi connectivity index (χ3n) is 6.09. The largest absolute Gasteiger partial charge is 0.396 e. The Morgan fingerprint density at radius 2 is 0.714 bits per heavy atom. The lowest BCUT2D eigenvalue weighted by molar-refractivity contribution is 0.147. The van der Waals surface area contributed by atoms with Gasteiger partial charge < -0.3 is 10.2 Å². The molecular formula is C26H54O2. The topological polar surface area (TPSA) is 40.5 Å². The highest BCUT2D eigenvalue weighted by atomic mass is 16.3. The first-order chi connectivity index (χ1) is 13.8. The van der Waals surface area contributed by atoms with Gasteiger partial charge in [0.05, 0.1) is 6.10 Å².